The van der Waals surface area contributed by atoms with Gasteiger partial charge in [-0.3, -0.25) is 14.4 Å². The van der Waals surface area contributed by atoms with Crippen molar-refractivity contribution in [3.05, 3.63) is 24.3 Å². The summed E-state index contributed by atoms with van der Waals surface area (Å²) in [6.07, 6.45) is 0. The monoisotopic (exact) mass is 362 g/mol. The first-order valence-corrected chi connectivity index (χ1v) is 8.50. The van der Waals surface area contributed by atoms with Crippen molar-refractivity contribution in [3.63, 3.8) is 0 Å². The number of rotatable bonds is 5. The third-order valence-electron chi connectivity index (χ3n) is 4.38. The first-order valence-electron chi connectivity index (χ1n) is 8.50. The normalized spacial score (nSPS) is 16.8. The number of piperazine rings is 1. The number of likely N-dealkylation sites (N-methyl/N-ethyl adjacent to an activating group) is 1. The predicted molar refractivity (Wildman–Crippen MR) is 98.1 cm³/mol. The molecule has 0 spiro atoms. The number of amides is 3. The zero-order valence-electron chi connectivity index (χ0n) is 15.7. The molecule has 0 aromatic heterocycles. The van der Waals surface area contributed by atoms with Crippen LogP contribution in [0.3, 0.4) is 0 Å². The number of hydrogen-bond donors (Lipinski definition) is 1. The van der Waals surface area contributed by atoms with Gasteiger partial charge in [0, 0.05) is 52.9 Å². The highest BCUT2D eigenvalue weighted by Gasteiger charge is 2.35. The van der Waals surface area contributed by atoms with E-state index in [0.29, 0.717) is 18.8 Å². The van der Waals surface area contributed by atoms with Gasteiger partial charge in [0.25, 0.3) is 5.91 Å². The van der Waals surface area contributed by atoms with E-state index in [1.165, 1.54) is 18.9 Å². The highest BCUT2D eigenvalue weighted by atomic mass is 16.5. The van der Waals surface area contributed by atoms with Gasteiger partial charge in [0.05, 0.1) is 6.54 Å². The molecule has 1 atom stereocenters. The van der Waals surface area contributed by atoms with Gasteiger partial charge in [-0.05, 0) is 12.1 Å². The van der Waals surface area contributed by atoms with Gasteiger partial charge in [0.1, 0.15) is 11.8 Å². The molecule has 142 valence electrons. The van der Waals surface area contributed by atoms with Crippen LogP contribution in [0.25, 0.3) is 0 Å². The Kier molecular flexibility index (Phi) is 6.43. The summed E-state index contributed by atoms with van der Waals surface area (Å²) in [6, 6.07) is 6.79. The largest absolute Gasteiger partial charge is 0.484 e. The van der Waals surface area contributed by atoms with Crippen LogP contribution in [-0.2, 0) is 14.4 Å². The maximum atomic E-state index is 12.5. The molecule has 8 heteroatoms. The average molecular weight is 362 g/mol. The lowest BCUT2D eigenvalue weighted by Gasteiger charge is -2.39. The molecule has 1 aliphatic rings. The minimum Gasteiger partial charge on any atom is -0.484 e. The van der Waals surface area contributed by atoms with Crippen LogP contribution in [0.1, 0.15) is 6.92 Å². The maximum Gasteiger partial charge on any atom is 0.260 e. The van der Waals surface area contributed by atoms with Crippen molar-refractivity contribution in [1.82, 2.24) is 15.1 Å². The van der Waals surface area contributed by atoms with E-state index in [1.807, 2.05) is 37.2 Å². The Hall–Kier alpha value is -2.77. The third-order valence-corrected chi connectivity index (χ3v) is 4.38. The Morgan fingerprint density at radius 1 is 1.27 bits per heavy atom. The number of benzene rings is 1. The molecule has 0 radical (unpaired) electrons. The number of nitrogens with one attached hydrogen (secondary N) is 1. The molecule has 26 heavy (non-hydrogen) atoms. The van der Waals surface area contributed by atoms with Gasteiger partial charge < -0.3 is 24.8 Å². The second-order valence-electron chi connectivity index (χ2n) is 6.36. The smallest absolute Gasteiger partial charge is 0.260 e. The fourth-order valence-corrected chi connectivity index (χ4v) is 2.87. The molecule has 2 rings (SSSR count). The first-order chi connectivity index (χ1) is 12.3. The van der Waals surface area contributed by atoms with Gasteiger partial charge in [0.2, 0.25) is 11.8 Å². The molecule has 0 saturated carbocycles. The molecule has 1 aliphatic heterocycles. The lowest BCUT2D eigenvalue weighted by molar-refractivity contribution is -0.147. The Morgan fingerprint density at radius 2 is 2.00 bits per heavy atom. The summed E-state index contributed by atoms with van der Waals surface area (Å²) in [6.45, 7) is 2.19. The summed E-state index contributed by atoms with van der Waals surface area (Å²) in [5.74, 6) is -0.0631. The zero-order chi connectivity index (χ0) is 19.3. The van der Waals surface area contributed by atoms with E-state index in [1.54, 1.807) is 11.0 Å². The van der Waals surface area contributed by atoms with Crippen molar-refractivity contribution in [2.45, 2.75) is 13.0 Å². The maximum absolute atomic E-state index is 12.5. The summed E-state index contributed by atoms with van der Waals surface area (Å²) < 4.78 is 5.61. The quantitative estimate of drug-likeness (QED) is 0.793. The summed E-state index contributed by atoms with van der Waals surface area (Å²) in [7, 11) is 5.37. The van der Waals surface area contributed by atoms with Crippen molar-refractivity contribution >= 4 is 23.4 Å². The summed E-state index contributed by atoms with van der Waals surface area (Å²) in [4.78, 5) is 41.3. The lowest BCUT2D eigenvalue weighted by Crippen LogP contribution is -2.61. The zero-order valence-corrected chi connectivity index (χ0v) is 15.7. The van der Waals surface area contributed by atoms with E-state index in [2.05, 4.69) is 5.32 Å². The Balaban J connectivity index is 1.98. The van der Waals surface area contributed by atoms with E-state index >= 15 is 0 Å². The molecule has 0 aliphatic carbocycles. The first kappa shape index (κ1) is 19.6. The second kappa shape index (κ2) is 8.55. The molecular weight excluding hydrogens is 336 g/mol. The minimum absolute atomic E-state index is 0.114. The highest BCUT2D eigenvalue weighted by Crippen LogP contribution is 2.19. The van der Waals surface area contributed by atoms with Crippen LogP contribution >= 0.6 is 0 Å². The standard InChI is InChI=1S/C18H26N4O4/c1-13(23)22-9-8-21(11-16(22)18(25)19-2)17(24)12-26-15-7-5-6-14(10-15)20(3)4/h5-7,10,16H,8-9,11-12H2,1-4H3,(H,19,25)/t16-/m0/s1. The molecule has 1 saturated heterocycles. The van der Waals surface area contributed by atoms with Gasteiger partial charge in [-0.1, -0.05) is 6.07 Å². The van der Waals surface area contributed by atoms with Gasteiger partial charge in [-0.25, -0.2) is 0 Å². The van der Waals surface area contributed by atoms with Crippen LogP contribution < -0.4 is 15.0 Å². The number of anilines is 1. The van der Waals surface area contributed by atoms with Crippen LogP contribution in [0.5, 0.6) is 5.75 Å². The SMILES string of the molecule is CNC(=O)[C@@H]1CN(C(=O)COc2cccc(N(C)C)c2)CCN1C(C)=O. The number of ether oxygens (including phenoxy) is 1. The topological polar surface area (TPSA) is 82.2 Å². The van der Waals surface area contributed by atoms with Crippen molar-refractivity contribution < 1.29 is 19.1 Å². The van der Waals surface area contributed by atoms with Crippen molar-refractivity contribution in [2.75, 3.05) is 52.3 Å². The van der Waals surface area contributed by atoms with E-state index in [4.69, 9.17) is 4.74 Å². The molecule has 1 N–H and O–H groups in total. The number of hydrogen-bond acceptors (Lipinski definition) is 5. The van der Waals surface area contributed by atoms with Crippen LogP contribution in [0.15, 0.2) is 24.3 Å². The van der Waals surface area contributed by atoms with Crippen molar-refractivity contribution in [1.29, 1.82) is 0 Å². The summed E-state index contributed by atoms with van der Waals surface area (Å²) in [5.41, 5.74) is 0.977. The van der Waals surface area contributed by atoms with Crippen molar-refractivity contribution in [3.8, 4) is 5.75 Å². The second-order valence-corrected chi connectivity index (χ2v) is 6.36. The number of carbonyl (C=O) groups is 3. The van der Waals surface area contributed by atoms with Crippen molar-refractivity contribution in [2.24, 2.45) is 0 Å². The van der Waals surface area contributed by atoms with Gasteiger partial charge in [0.15, 0.2) is 6.61 Å². The average Bonchev–Trinajstić information content (AvgIpc) is 2.65. The molecule has 1 fully saturated rings. The predicted octanol–water partition coefficient (Wildman–Crippen LogP) is -0.0633. The van der Waals surface area contributed by atoms with Crippen LogP contribution in [0.4, 0.5) is 5.69 Å². The van der Waals surface area contributed by atoms with E-state index in [-0.39, 0.29) is 30.9 Å². The summed E-state index contributed by atoms with van der Waals surface area (Å²) >= 11 is 0. The number of carbonyl (C=O) groups excluding carboxylic acids is 3. The third kappa shape index (κ3) is 4.65. The molecule has 0 bridgehead atoms. The van der Waals surface area contributed by atoms with Gasteiger partial charge in [-0.15, -0.1) is 0 Å². The number of nitrogens with zero attached hydrogens (tertiary/aromatic N) is 3. The van der Waals surface area contributed by atoms with Gasteiger partial charge in [-0.2, -0.15) is 0 Å². The molecular formula is C18H26N4O4. The molecule has 1 aromatic carbocycles. The fraction of sp³-hybridized carbons (Fsp3) is 0.500. The molecule has 1 heterocycles. The Labute approximate surface area is 153 Å². The van der Waals surface area contributed by atoms with Crippen LogP contribution in [-0.4, -0.2) is 80.9 Å². The Morgan fingerprint density at radius 3 is 2.62 bits per heavy atom. The minimum atomic E-state index is -0.674. The molecule has 1 aromatic rings. The molecule has 8 nitrogen and oxygen atoms in total. The lowest BCUT2D eigenvalue weighted by atomic mass is 10.1. The van der Waals surface area contributed by atoms with E-state index < -0.39 is 6.04 Å². The summed E-state index contributed by atoms with van der Waals surface area (Å²) in [5, 5.41) is 2.55. The molecule has 0 unspecified atom stereocenters. The van der Waals surface area contributed by atoms with E-state index in [9.17, 15) is 14.4 Å². The van der Waals surface area contributed by atoms with Crippen LogP contribution in [0.2, 0.25) is 0 Å². The van der Waals surface area contributed by atoms with Gasteiger partial charge >= 0.3 is 0 Å². The highest BCUT2D eigenvalue weighted by molar-refractivity contribution is 5.88. The fourth-order valence-electron chi connectivity index (χ4n) is 2.87. The van der Waals surface area contributed by atoms with E-state index in [0.717, 1.165) is 5.69 Å². The molecule has 3 amide bonds. The van der Waals surface area contributed by atoms with Crippen LogP contribution in [0, 0.1) is 0 Å². The Bertz CT molecular complexity index is 677.